The van der Waals surface area contributed by atoms with Crippen LogP contribution in [0.5, 0.6) is 0 Å². The third-order valence-electron chi connectivity index (χ3n) is 2.96. The van der Waals surface area contributed by atoms with Gasteiger partial charge in [-0.05, 0) is 17.9 Å². The maximum absolute atomic E-state index is 13.6. The van der Waals surface area contributed by atoms with Crippen LogP contribution in [0.15, 0.2) is 29.6 Å². The summed E-state index contributed by atoms with van der Waals surface area (Å²) >= 11 is 1.64. The van der Waals surface area contributed by atoms with Gasteiger partial charge in [-0.25, -0.2) is 13.8 Å². The lowest BCUT2D eigenvalue weighted by Crippen LogP contribution is -2.05. The van der Waals surface area contributed by atoms with Gasteiger partial charge in [0.15, 0.2) is 5.82 Å². The number of anilines is 1. The summed E-state index contributed by atoms with van der Waals surface area (Å²) in [5.41, 5.74) is 6.29. The average molecular weight is 279 g/mol. The molecule has 6 heteroatoms. The molecule has 0 aliphatic heterocycles. The van der Waals surface area contributed by atoms with Crippen molar-refractivity contribution in [3.63, 3.8) is 0 Å². The summed E-state index contributed by atoms with van der Waals surface area (Å²) in [5.74, 6) is -1.10. The SMILES string of the molecule is Nc1nc2c(F)cc(F)cc2n1CCc1cccs1. The number of benzene rings is 1. The molecule has 0 aliphatic carbocycles. The lowest BCUT2D eigenvalue weighted by molar-refractivity contribution is 0.589. The Hall–Kier alpha value is -1.95. The van der Waals surface area contributed by atoms with Crippen LogP contribution in [0.4, 0.5) is 14.7 Å². The van der Waals surface area contributed by atoms with Gasteiger partial charge in [0.25, 0.3) is 0 Å². The summed E-state index contributed by atoms with van der Waals surface area (Å²) in [4.78, 5) is 5.15. The van der Waals surface area contributed by atoms with Crippen molar-refractivity contribution < 1.29 is 8.78 Å². The van der Waals surface area contributed by atoms with Crippen molar-refractivity contribution in [2.45, 2.75) is 13.0 Å². The van der Waals surface area contributed by atoms with E-state index in [0.29, 0.717) is 12.1 Å². The molecule has 98 valence electrons. The molecule has 0 bridgehead atoms. The van der Waals surface area contributed by atoms with Gasteiger partial charge in [0, 0.05) is 23.6 Å². The lowest BCUT2D eigenvalue weighted by Gasteiger charge is -2.05. The fourth-order valence-electron chi connectivity index (χ4n) is 2.08. The van der Waals surface area contributed by atoms with E-state index in [1.807, 2.05) is 17.5 Å². The first-order valence-corrected chi connectivity index (χ1v) is 6.66. The molecule has 0 saturated carbocycles. The molecule has 0 atom stereocenters. The van der Waals surface area contributed by atoms with Gasteiger partial charge in [0.2, 0.25) is 5.95 Å². The maximum Gasteiger partial charge on any atom is 0.201 e. The maximum atomic E-state index is 13.6. The van der Waals surface area contributed by atoms with E-state index in [-0.39, 0.29) is 11.5 Å². The Bertz CT molecular complexity index is 719. The molecule has 2 heterocycles. The van der Waals surface area contributed by atoms with Gasteiger partial charge in [-0.1, -0.05) is 6.07 Å². The molecule has 0 spiro atoms. The van der Waals surface area contributed by atoms with E-state index < -0.39 is 11.6 Å². The Labute approximate surface area is 112 Å². The minimum atomic E-state index is -0.684. The van der Waals surface area contributed by atoms with Crippen molar-refractivity contribution in [2.24, 2.45) is 0 Å². The number of imidazole rings is 1. The second-order valence-corrected chi connectivity index (χ2v) is 5.24. The number of aryl methyl sites for hydroxylation is 2. The van der Waals surface area contributed by atoms with E-state index >= 15 is 0 Å². The van der Waals surface area contributed by atoms with Gasteiger partial charge in [-0.3, -0.25) is 0 Å². The Balaban J connectivity index is 2.00. The number of rotatable bonds is 3. The van der Waals surface area contributed by atoms with Crippen LogP contribution < -0.4 is 5.73 Å². The van der Waals surface area contributed by atoms with Crippen LogP contribution in [-0.2, 0) is 13.0 Å². The number of nitrogens with zero attached hydrogens (tertiary/aromatic N) is 2. The quantitative estimate of drug-likeness (QED) is 0.800. The largest absolute Gasteiger partial charge is 0.369 e. The monoisotopic (exact) mass is 279 g/mol. The Kier molecular flexibility index (Phi) is 2.94. The molecule has 0 unspecified atom stereocenters. The lowest BCUT2D eigenvalue weighted by atomic mass is 10.3. The molecule has 3 aromatic rings. The number of fused-ring (bicyclic) bond motifs is 1. The van der Waals surface area contributed by atoms with E-state index in [2.05, 4.69) is 4.98 Å². The average Bonchev–Trinajstić information content (AvgIpc) is 2.95. The molecule has 0 fully saturated rings. The fourth-order valence-corrected chi connectivity index (χ4v) is 2.78. The number of hydrogen-bond acceptors (Lipinski definition) is 3. The van der Waals surface area contributed by atoms with E-state index in [0.717, 1.165) is 12.5 Å². The second kappa shape index (κ2) is 4.62. The first kappa shape index (κ1) is 12.1. The van der Waals surface area contributed by atoms with E-state index in [1.165, 1.54) is 10.9 Å². The highest BCUT2D eigenvalue weighted by Gasteiger charge is 2.13. The summed E-state index contributed by atoms with van der Waals surface area (Å²) in [6.07, 6.45) is 0.755. The molecule has 2 aromatic heterocycles. The van der Waals surface area contributed by atoms with Gasteiger partial charge in [0.05, 0.1) is 5.52 Å². The molecule has 2 N–H and O–H groups in total. The molecular formula is C13H11F2N3S. The van der Waals surface area contributed by atoms with Gasteiger partial charge in [-0.2, -0.15) is 0 Å². The predicted molar refractivity (Wildman–Crippen MR) is 72.1 cm³/mol. The number of halogens is 2. The number of thiophene rings is 1. The second-order valence-electron chi connectivity index (χ2n) is 4.21. The molecule has 0 amide bonds. The van der Waals surface area contributed by atoms with Crippen LogP contribution in [-0.4, -0.2) is 9.55 Å². The van der Waals surface area contributed by atoms with Gasteiger partial charge < -0.3 is 10.3 Å². The summed E-state index contributed by atoms with van der Waals surface area (Å²) in [6.45, 7) is 0.547. The summed E-state index contributed by atoms with van der Waals surface area (Å²) in [6, 6.07) is 6.06. The number of hydrogen-bond donors (Lipinski definition) is 1. The molecule has 19 heavy (non-hydrogen) atoms. The van der Waals surface area contributed by atoms with Crippen molar-refractivity contribution in [3.05, 3.63) is 46.2 Å². The molecule has 3 nitrogen and oxygen atoms in total. The highest BCUT2D eigenvalue weighted by Crippen LogP contribution is 2.23. The highest BCUT2D eigenvalue weighted by molar-refractivity contribution is 7.09. The Morgan fingerprint density at radius 2 is 2.16 bits per heavy atom. The van der Waals surface area contributed by atoms with Crippen LogP contribution in [0.1, 0.15) is 4.88 Å². The predicted octanol–water partition coefficient (Wildman–Crippen LogP) is 3.20. The summed E-state index contributed by atoms with van der Waals surface area (Å²) < 4.78 is 28.5. The van der Waals surface area contributed by atoms with Crippen molar-refractivity contribution in [1.29, 1.82) is 0 Å². The Morgan fingerprint density at radius 3 is 2.89 bits per heavy atom. The zero-order valence-electron chi connectivity index (χ0n) is 9.94. The van der Waals surface area contributed by atoms with E-state index in [9.17, 15) is 8.78 Å². The topological polar surface area (TPSA) is 43.8 Å². The van der Waals surface area contributed by atoms with Crippen LogP contribution in [0, 0.1) is 11.6 Å². The van der Waals surface area contributed by atoms with Crippen LogP contribution >= 0.6 is 11.3 Å². The van der Waals surface area contributed by atoms with Crippen LogP contribution in [0.2, 0.25) is 0 Å². The van der Waals surface area contributed by atoms with Crippen molar-refractivity contribution >= 4 is 28.3 Å². The normalized spacial score (nSPS) is 11.3. The van der Waals surface area contributed by atoms with Crippen molar-refractivity contribution in [3.8, 4) is 0 Å². The molecule has 0 radical (unpaired) electrons. The fraction of sp³-hybridized carbons (Fsp3) is 0.154. The van der Waals surface area contributed by atoms with Gasteiger partial charge in [-0.15, -0.1) is 11.3 Å². The van der Waals surface area contributed by atoms with Crippen molar-refractivity contribution in [1.82, 2.24) is 9.55 Å². The summed E-state index contributed by atoms with van der Waals surface area (Å²) in [5, 5.41) is 1.99. The molecule has 0 aliphatic rings. The third-order valence-corrected chi connectivity index (χ3v) is 3.90. The first-order chi connectivity index (χ1) is 9.15. The van der Waals surface area contributed by atoms with E-state index in [1.54, 1.807) is 15.9 Å². The van der Waals surface area contributed by atoms with Crippen LogP contribution in [0.3, 0.4) is 0 Å². The zero-order chi connectivity index (χ0) is 13.4. The highest BCUT2D eigenvalue weighted by atomic mass is 32.1. The number of nitrogens with two attached hydrogens (primary N) is 1. The molecular weight excluding hydrogens is 268 g/mol. The smallest absolute Gasteiger partial charge is 0.201 e. The van der Waals surface area contributed by atoms with E-state index in [4.69, 9.17) is 5.73 Å². The van der Waals surface area contributed by atoms with Crippen molar-refractivity contribution in [2.75, 3.05) is 5.73 Å². The first-order valence-electron chi connectivity index (χ1n) is 5.78. The Morgan fingerprint density at radius 1 is 1.32 bits per heavy atom. The third kappa shape index (κ3) is 2.19. The molecule has 1 aromatic carbocycles. The number of aromatic nitrogens is 2. The standard InChI is InChI=1S/C13H11F2N3S/c14-8-6-10(15)12-11(7-8)18(13(16)17-12)4-3-9-2-1-5-19-9/h1-2,5-7H,3-4H2,(H2,16,17). The zero-order valence-corrected chi connectivity index (χ0v) is 10.8. The minimum Gasteiger partial charge on any atom is -0.369 e. The van der Waals surface area contributed by atoms with Crippen LogP contribution in [0.25, 0.3) is 11.0 Å². The van der Waals surface area contributed by atoms with Gasteiger partial charge in [0.1, 0.15) is 11.3 Å². The molecule has 3 rings (SSSR count). The summed E-state index contributed by atoms with van der Waals surface area (Å²) in [7, 11) is 0. The minimum absolute atomic E-state index is 0.116. The number of nitrogen functional groups attached to an aromatic ring is 1. The van der Waals surface area contributed by atoms with Gasteiger partial charge >= 0.3 is 0 Å². The molecule has 0 saturated heterocycles.